The summed E-state index contributed by atoms with van der Waals surface area (Å²) < 4.78 is 35.1. The van der Waals surface area contributed by atoms with Crippen LogP contribution in [0.1, 0.15) is 42.4 Å². The molecule has 2 atom stereocenters. The van der Waals surface area contributed by atoms with E-state index in [1.54, 1.807) is 29.2 Å². The molecule has 2 fully saturated rings. The molecule has 2 aliphatic rings. The van der Waals surface area contributed by atoms with Gasteiger partial charge in [-0.1, -0.05) is 35.1 Å². The van der Waals surface area contributed by atoms with Crippen molar-refractivity contribution in [3.63, 3.8) is 0 Å². The molecule has 7 nitrogen and oxygen atoms in total. The Kier molecular flexibility index (Phi) is 7.18. The number of amides is 1. The SMILES string of the molecule is Cc1ccc(S(=O)(=O)N2CCCC(C(=O)N(CC3CCCO3)c3nc4c(C)c(C)ccc4s3)C2)cc1. The van der Waals surface area contributed by atoms with Gasteiger partial charge in [-0.15, -0.1) is 0 Å². The van der Waals surface area contributed by atoms with Gasteiger partial charge in [0.1, 0.15) is 0 Å². The number of fused-ring (bicyclic) bond motifs is 1. The number of carbonyl (C=O) groups is 1. The maximum absolute atomic E-state index is 14.0. The van der Waals surface area contributed by atoms with Crippen LogP contribution in [0, 0.1) is 26.7 Å². The van der Waals surface area contributed by atoms with Gasteiger partial charge in [-0.25, -0.2) is 13.4 Å². The molecule has 192 valence electrons. The molecule has 0 bridgehead atoms. The van der Waals surface area contributed by atoms with Crippen molar-refractivity contribution in [3.8, 4) is 0 Å². The van der Waals surface area contributed by atoms with E-state index in [-0.39, 0.29) is 23.5 Å². The summed E-state index contributed by atoms with van der Waals surface area (Å²) in [4.78, 5) is 20.9. The molecule has 2 aliphatic heterocycles. The molecule has 5 rings (SSSR count). The summed E-state index contributed by atoms with van der Waals surface area (Å²) in [5.41, 5.74) is 4.21. The summed E-state index contributed by atoms with van der Waals surface area (Å²) in [6.07, 6.45) is 3.17. The minimum absolute atomic E-state index is 0.0280. The number of ether oxygens (including phenoxy) is 1. The zero-order valence-electron chi connectivity index (χ0n) is 21.1. The first kappa shape index (κ1) is 25.3. The second-order valence-electron chi connectivity index (χ2n) is 9.95. The summed E-state index contributed by atoms with van der Waals surface area (Å²) in [5.74, 6) is -0.488. The molecule has 1 amide bonds. The lowest BCUT2D eigenvalue weighted by Crippen LogP contribution is -2.48. The van der Waals surface area contributed by atoms with Crippen LogP contribution in [0.25, 0.3) is 10.2 Å². The Labute approximate surface area is 217 Å². The Bertz CT molecular complexity index is 1360. The first-order valence-corrected chi connectivity index (χ1v) is 14.9. The summed E-state index contributed by atoms with van der Waals surface area (Å²) in [6.45, 7) is 7.80. The van der Waals surface area contributed by atoms with Gasteiger partial charge < -0.3 is 4.74 Å². The van der Waals surface area contributed by atoms with Crippen molar-refractivity contribution in [1.29, 1.82) is 0 Å². The van der Waals surface area contributed by atoms with Crippen molar-refractivity contribution in [2.45, 2.75) is 57.5 Å². The number of anilines is 1. The summed E-state index contributed by atoms with van der Waals surface area (Å²) >= 11 is 1.52. The van der Waals surface area contributed by atoms with E-state index in [0.29, 0.717) is 37.7 Å². The quantitative estimate of drug-likeness (QED) is 0.459. The molecule has 0 aliphatic carbocycles. The zero-order chi connectivity index (χ0) is 25.4. The summed E-state index contributed by atoms with van der Waals surface area (Å²) in [7, 11) is -3.66. The minimum Gasteiger partial charge on any atom is -0.376 e. The number of piperidine rings is 1. The van der Waals surface area contributed by atoms with Crippen LogP contribution < -0.4 is 4.90 Å². The van der Waals surface area contributed by atoms with Gasteiger partial charge in [0.2, 0.25) is 15.9 Å². The Hall–Kier alpha value is -2.33. The third kappa shape index (κ3) is 4.94. The molecule has 3 heterocycles. The van der Waals surface area contributed by atoms with Crippen molar-refractivity contribution < 1.29 is 17.9 Å². The molecule has 36 heavy (non-hydrogen) atoms. The molecule has 9 heteroatoms. The van der Waals surface area contributed by atoms with E-state index in [9.17, 15) is 13.2 Å². The first-order valence-electron chi connectivity index (χ1n) is 12.6. The first-order chi connectivity index (χ1) is 17.2. The maximum Gasteiger partial charge on any atom is 0.243 e. The summed E-state index contributed by atoms with van der Waals surface area (Å²) in [6, 6.07) is 11.0. The van der Waals surface area contributed by atoms with Crippen LogP contribution in [0.5, 0.6) is 0 Å². The lowest BCUT2D eigenvalue weighted by Gasteiger charge is -2.34. The smallest absolute Gasteiger partial charge is 0.243 e. The number of aryl methyl sites for hydroxylation is 3. The van der Waals surface area contributed by atoms with Crippen molar-refractivity contribution in [2.75, 3.05) is 31.1 Å². The van der Waals surface area contributed by atoms with Gasteiger partial charge >= 0.3 is 0 Å². The maximum atomic E-state index is 14.0. The number of hydrogen-bond acceptors (Lipinski definition) is 6. The van der Waals surface area contributed by atoms with Crippen LogP contribution in [0.15, 0.2) is 41.3 Å². The van der Waals surface area contributed by atoms with Crippen LogP contribution in [-0.4, -0.2) is 56.0 Å². The monoisotopic (exact) mass is 527 g/mol. The minimum atomic E-state index is -3.66. The van der Waals surface area contributed by atoms with E-state index in [2.05, 4.69) is 26.0 Å². The van der Waals surface area contributed by atoms with Crippen LogP contribution in [0.3, 0.4) is 0 Å². The predicted octanol–water partition coefficient (Wildman–Crippen LogP) is 4.83. The van der Waals surface area contributed by atoms with E-state index in [1.807, 2.05) is 6.92 Å². The normalized spacial score (nSPS) is 21.2. The number of sulfonamides is 1. The standard InChI is InChI=1S/C27H33N3O4S2/c1-18-8-11-23(12-9-18)36(32,33)29-14-4-6-21(16-29)26(31)30(17-22-7-5-15-34-22)27-28-25-20(3)19(2)10-13-24(25)35-27/h8-13,21-22H,4-7,14-17H2,1-3H3. The Morgan fingerprint density at radius 1 is 1.11 bits per heavy atom. The fraction of sp³-hybridized carbons (Fsp3) is 0.481. The van der Waals surface area contributed by atoms with E-state index < -0.39 is 15.9 Å². The van der Waals surface area contributed by atoms with Crippen LogP contribution in [0.4, 0.5) is 5.13 Å². The zero-order valence-corrected chi connectivity index (χ0v) is 22.7. The van der Waals surface area contributed by atoms with E-state index in [4.69, 9.17) is 9.72 Å². The number of rotatable bonds is 6. The van der Waals surface area contributed by atoms with E-state index in [1.165, 1.54) is 21.2 Å². The third-order valence-electron chi connectivity index (χ3n) is 7.37. The molecular weight excluding hydrogens is 494 g/mol. The molecular formula is C27H33N3O4S2. The molecule has 0 N–H and O–H groups in total. The lowest BCUT2D eigenvalue weighted by molar-refractivity contribution is -0.123. The molecule has 3 aromatic rings. The molecule has 1 aromatic heterocycles. The number of thiazole rings is 1. The number of hydrogen-bond donors (Lipinski definition) is 0. The van der Waals surface area contributed by atoms with Gasteiger partial charge in [-0.05, 0) is 75.8 Å². The van der Waals surface area contributed by atoms with Crippen molar-refractivity contribution in [1.82, 2.24) is 9.29 Å². The average Bonchev–Trinajstić information content (AvgIpc) is 3.55. The van der Waals surface area contributed by atoms with Crippen molar-refractivity contribution >= 4 is 42.6 Å². The third-order valence-corrected chi connectivity index (χ3v) is 10.3. The van der Waals surface area contributed by atoms with E-state index in [0.717, 1.165) is 34.2 Å². The van der Waals surface area contributed by atoms with Crippen molar-refractivity contribution in [3.05, 3.63) is 53.1 Å². The molecule has 0 saturated carbocycles. The van der Waals surface area contributed by atoms with Gasteiger partial charge in [-0.2, -0.15) is 4.31 Å². The van der Waals surface area contributed by atoms with Crippen LogP contribution in [-0.2, 0) is 19.6 Å². The number of aromatic nitrogens is 1. The highest BCUT2D eigenvalue weighted by molar-refractivity contribution is 7.89. The molecule has 2 unspecified atom stereocenters. The highest BCUT2D eigenvalue weighted by Crippen LogP contribution is 2.34. The highest BCUT2D eigenvalue weighted by atomic mass is 32.2. The lowest BCUT2D eigenvalue weighted by atomic mass is 9.98. The topological polar surface area (TPSA) is 79.8 Å². The largest absolute Gasteiger partial charge is 0.376 e. The average molecular weight is 528 g/mol. The Morgan fingerprint density at radius 2 is 1.89 bits per heavy atom. The van der Waals surface area contributed by atoms with Gasteiger partial charge in [0, 0.05) is 19.7 Å². The predicted molar refractivity (Wildman–Crippen MR) is 143 cm³/mol. The molecule has 2 aromatic carbocycles. The van der Waals surface area contributed by atoms with Gasteiger partial charge in [-0.3, -0.25) is 9.69 Å². The van der Waals surface area contributed by atoms with Gasteiger partial charge in [0.25, 0.3) is 0 Å². The highest BCUT2D eigenvalue weighted by Gasteiger charge is 2.37. The van der Waals surface area contributed by atoms with Crippen molar-refractivity contribution in [2.24, 2.45) is 5.92 Å². The Balaban J connectivity index is 1.43. The van der Waals surface area contributed by atoms with Gasteiger partial charge in [0.05, 0.1) is 33.7 Å². The molecule has 2 saturated heterocycles. The number of nitrogens with zero attached hydrogens (tertiary/aromatic N) is 3. The van der Waals surface area contributed by atoms with E-state index >= 15 is 0 Å². The fourth-order valence-corrected chi connectivity index (χ4v) is 7.59. The second-order valence-corrected chi connectivity index (χ2v) is 12.9. The Morgan fingerprint density at radius 3 is 2.61 bits per heavy atom. The molecule has 0 spiro atoms. The fourth-order valence-electron chi connectivity index (χ4n) is 5.03. The second kappa shape index (κ2) is 10.2. The molecule has 0 radical (unpaired) electrons. The van der Waals surface area contributed by atoms with Gasteiger partial charge in [0.15, 0.2) is 5.13 Å². The van der Waals surface area contributed by atoms with Crippen LogP contribution in [0.2, 0.25) is 0 Å². The summed E-state index contributed by atoms with van der Waals surface area (Å²) in [5, 5.41) is 0.665. The number of benzene rings is 2. The number of carbonyl (C=O) groups excluding carboxylic acids is 1. The van der Waals surface area contributed by atoms with Crippen LogP contribution >= 0.6 is 11.3 Å².